The number of rotatable bonds is 5. The highest BCUT2D eigenvalue weighted by molar-refractivity contribution is 6.33. The molecule has 0 saturated heterocycles. The van der Waals surface area contributed by atoms with E-state index in [1.807, 2.05) is 36.4 Å². The second-order valence-corrected chi connectivity index (χ2v) is 5.76. The molecule has 2 nitrogen and oxygen atoms in total. The summed E-state index contributed by atoms with van der Waals surface area (Å²) in [5.41, 5.74) is 7.30. The first-order valence-electron chi connectivity index (χ1n) is 6.42. The Kier molecular flexibility index (Phi) is 5.06. The van der Waals surface area contributed by atoms with Gasteiger partial charge in [0.2, 0.25) is 0 Å². The Hall–Kier alpha value is -1.06. The second kappa shape index (κ2) is 6.59. The van der Waals surface area contributed by atoms with Crippen LogP contribution in [-0.4, -0.2) is 18.3 Å². The Bertz CT molecular complexity index is 568. The molecule has 4 heteroatoms. The normalized spacial score (nSPS) is 14.0. The van der Waals surface area contributed by atoms with Crippen molar-refractivity contribution in [1.82, 2.24) is 0 Å². The van der Waals surface area contributed by atoms with Gasteiger partial charge in [0.15, 0.2) is 0 Å². The third-order valence-corrected chi connectivity index (χ3v) is 4.22. The van der Waals surface area contributed by atoms with Crippen LogP contribution >= 0.6 is 23.2 Å². The van der Waals surface area contributed by atoms with Gasteiger partial charge in [-0.2, -0.15) is 0 Å². The number of hydrogen-bond donors (Lipinski definition) is 2. The molecule has 0 aromatic heterocycles. The van der Waals surface area contributed by atoms with Crippen LogP contribution in [0.4, 0.5) is 0 Å². The first-order chi connectivity index (χ1) is 9.61. The summed E-state index contributed by atoms with van der Waals surface area (Å²) in [5, 5.41) is 11.2. The Morgan fingerprint density at radius 3 is 2.35 bits per heavy atom. The van der Waals surface area contributed by atoms with Crippen molar-refractivity contribution in [3.05, 3.63) is 69.7 Å². The largest absolute Gasteiger partial charge is 0.395 e. The highest BCUT2D eigenvalue weighted by Crippen LogP contribution is 2.31. The molecule has 2 aromatic rings. The van der Waals surface area contributed by atoms with Crippen LogP contribution < -0.4 is 5.73 Å². The summed E-state index contributed by atoms with van der Waals surface area (Å²) >= 11 is 12.2. The lowest BCUT2D eigenvalue weighted by Gasteiger charge is -2.31. The van der Waals surface area contributed by atoms with E-state index in [1.165, 1.54) is 0 Å². The van der Waals surface area contributed by atoms with E-state index in [4.69, 9.17) is 28.9 Å². The molecule has 0 spiro atoms. The van der Waals surface area contributed by atoms with Gasteiger partial charge in [0, 0.05) is 22.0 Å². The molecule has 0 bridgehead atoms. The van der Waals surface area contributed by atoms with Gasteiger partial charge >= 0.3 is 0 Å². The Morgan fingerprint density at radius 1 is 1.05 bits per heavy atom. The lowest BCUT2D eigenvalue weighted by Crippen LogP contribution is -2.41. The molecule has 106 valence electrons. The molecular weight excluding hydrogens is 293 g/mol. The monoisotopic (exact) mass is 309 g/mol. The van der Waals surface area contributed by atoms with Gasteiger partial charge < -0.3 is 10.8 Å². The second-order valence-electron chi connectivity index (χ2n) is 4.92. The number of hydrogen-bond acceptors (Lipinski definition) is 2. The number of benzene rings is 2. The molecule has 0 radical (unpaired) electrons. The lowest BCUT2D eigenvalue weighted by atomic mass is 9.76. The maximum Gasteiger partial charge on any atom is 0.0543 e. The number of aliphatic hydroxyl groups excluding tert-OH is 1. The van der Waals surface area contributed by atoms with Gasteiger partial charge in [0.05, 0.1) is 6.61 Å². The molecule has 20 heavy (non-hydrogen) atoms. The smallest absolute Gasteiger partial charge is 0.0543 e. The molecule has 0 fully saturated rings. The van der Waals surface area contributed by atoms with Gasteiger partial charge in [-0.15, -0.1) is 0 Å². The summed E-state index contributed by atoms with van der Waals surface area (Å²) in [6, 6.07) is 15.1. The molecule has 0 aliphatic rings. The van der Waals surface area contributed by atoms with Gasteiger partial charge in [-0.3, -0.25) is 0 Å². The quantitative estimate of drug-likeness (QED) is 0.889. The van der Waals surface area contributed by atoms with E-state index in [0.29, 0.717) is 23.0 Å². The zero-order valence-electron chi connectivity index (χ0n) is 11.0. The summed E-state index contributed by atoms with van der Waals surface area (Å²) in [6.45, 7) is 0.284. The molecule has 1 unspecified atom stereocenters. The van der Waals surface area contributed by atoms with Crippen LogP contribution in [0.2, 0.25) is 10.0 Å². The maximum absolute atomic E-state index is 9.90. The molecular formula is C16H17Cl2NO. The predicted molar refractivity (Wildman–Crippen MR) is 84.4 cm³/mol. The van der Waals surface area contributed by atoms with E-state index >= 15 is 0 Å². The molecule has 0 heterocycles. The standard InChI is InChI=1S/C16H17Cl2NO/c17-14-6-7-15(18)12(8-14)9-16(10-19,11-20)13-4-2-1-3-5-13/h1-8,20H,9-11,19H2. The molecule has 3 N–H and O–H groups in total. The third kappa shape index (κ3) is 3.15. The van der Waals surface area contributed by atoms with E-state index < -0.39 is 5.41 Å². The van der Waals surface area contributed by atoms with Gasteiger partial charge in [0.25, 0.3) is 0 Å². The minimum Gasteiger partial charge on any atom is -0.395 e. The average Bonchev–Trinajstić information content (AvgIpc) is 2.49. The van der Waals surface area contributed by atoms with Crippen molar-refractivity contribution in [2.24, 2.45) is 5.73 Å². The summed E-state index contributed by atoms with van der Waals surface area (Å²) in [7, 11) is 0. The molecule has 0 aliphatic carbocycles. The highest BCUT2D eigenvalue weighted by Gasteiger charge is 2.31. The van der Waals surface area contributed by atoms with Crippen LogP contribution in [0.25, 0.3) is 0 Å². The van der Waals surface area contributed by atoms with Crippen LogP contribution in [0.5, 0.6) is 0 Å². The van der Waals surface area contributed by atoms with Crippen LogP contribution in [0, 0.1) is 0 Å². The zero-order chi connectivity index (χ0) is 14.6. The summed E-state index contributed by atoms with van der Waals surface area (Å²) in [6.07, 6.45) is 0.545. The highest BCUT2D eigenvalue weighted by atomic mass is 35.5. The first kappa shape index (κ1) is 15.3. The van der Waals surface area contributed by atoms with Gasteiger partial charge in [0.1, 0.15) is 0 Å². The zero-order valence-corrected chi connectivity index (χ0v) is 12.5. The van der Waals surface area contributed by atoms with Gasteiger partial charge in [-0.25, -0.2) is 0 Å². The van der Waals surface area contributed by atoms with Crippen molar-refractivity contribution in [1.29, 1.82) is 0 Å². The fourth-order valence-corrected chi connectivity index (χ4v) is 2.72. The molecule has 2 rings (SSSR count). The van der Waals surface area contributed by atoms with E-state index in [9.17, 15) is 5.11 Å². The minimum absolute atomic E-state index is 0.0453. The van der Waals surface area contributed by atoms with E-state index in [0.717, 1.165) is 11.1 Å². The van der Waals surface area contributed by atoms with E-state index in [-0.39, 0.29) is 6.61 Å². The van der Waals surface area contributed by atoms with Crippen LogP contribution in [0.3, 0.4) is 0 Å². The number of nitrogens with two attached hydrogens (primary N) is 1. The fourth-order valence-electron chi connectivity index (χ4n) is 2.34. The van der Waals surface area contributed by atoms with Crippen molar-refractivity contribution in [2.75, 3.05) is 13.2 Å². The lowest BCUT2D eigenvalue weighted by molar-refractivity contribution is 0.196. The van der Waals surface area contributed by atoms with Crippen molar-refractivity contribution in [3.63, 3.8) is 0 Å². The SMILES string of the molecule is NCC(CO)(Cc1cc(Cl)ccc1Cl)c1ccccc1. The number of aliphatic hydroxyl groups is 1. The van der Waals surface area contributed by atoms with Crippen LogP contribution in [0.1, 0.15) is 11.1 Å². The van der Waals surface area contributed by atoms with Gasteiger partial charge in [-0.1, -0.05) is 53.5 Å². The molecule has 0 amide bonds. The first-order valence-corrected chi connectivity index (χ1v) is 7.17. The summed E-state index contributed by atoms with van der Waals surface area (Å²) in [4.78, 5) is 0. The molecule has 0 aliphatic heterocycles. The van der Waals surface area contributed by atoms with Crippen molar-refractivity contribution >= 4 is 23.2 Å². The van der Waals surface area contributed by atoms with Crippen LogP contribution in [0.15, 0.2) is 48.5 Å². The van der Waals surface area contributed by atoms with Crippen molar-refractivity contribution in [2.45, 2.75) is 11.8 Å². The fraction of sp³-hybridized carbons (Fsp3) is 0.250. The molecule has 2 aromatic carbocycles. The third-order valence-electron chi connectivity index (χ3n) is 3.62. The van der Waals surface area contributed by atoms with E-state index in [2.05, 4.69) is 0 Å². The minimum atomic E-state index is -0.546. The molecule has 1 atom stereocenters. The number of halogens is 2. The topological polar surface area (TPSA) is 46.2 Å². The van der Waals surface area contributed by atoms with E-state index in [1.54, 1.807) is 12.1 Å². The summed E-state index contributed by atoms with van der Waals surface area (Å²) < 4.78 is 0. The van der Waals surface area contributed by atoms with Crippen molar-refractivity contribution in [3.8, 4) is 0 Å². The van der Waals surface area contributed by atoms with Crippen LogP contribution in [-0.2, 0) is 11.8 Å². The van der Waals surface area contributed by atoms with Gasteiger partial charge in [-0.05, 0) is 35.7 Å². The van der Waals surface area contributed by atoms with Crippen molar-refractivity contribution < 1.29 is 5.11 Å². The Balaban J connectivity index is 2.42. The maximum atomic E-state index is 9.90. The average molecular weight is 310 g/mol. The Labute approximate surface area is 129 Å². The molecule has 0 saturated carbocycles. The summed E-state index contributed by atoms with van der Waals surface area (Å²) in [5.74, 6) is 0. The Morgan fingerprint density at radius 2 is 1.75 bits per heavy atom. The predicted octanol–water partition coefficient (Wildman–Crippen LogP) is 3.42.